The van der Waals surface area contributed by atoms with E-state index in [2.05, 4.69) is 42.6 Å². The summed E-state index contributed by atoms with van der Waals surface area (Å²) in [6.45, 7) is 3.20. The van der Waals surface area contributed by atoms with Crippen molar-refractivity contribution in [1.82, 2.24) is 5.32 Å². The number of hydrogen-bond donors (Lipinski definition) is 2. The second-order valence-electron chi connectivity index (χ2n) is 4.27. The van der Waals surface area contributed by atoms with Gasteiger partial charge in [-0.05, 0) is 17.9 Å². The second kappa shape index (κ2) is 4.11. The van der Waals surface area contributed by atoms with Gasteiger partial charge in [-0.3, -0.25) is 0 Å². The average Bonchev–Trinajstić information content (AvgIpc) is 2.19. The lowest BCUT2D eigenvalue weighted by atomic mass is 9.86. The lowest BCUT2D eigenvalue weighted by Gasteiger charge is -2.34. The Kier molecular flexibility index (Phi) is 2.85. The van der Waals surface area contributed by atoms with E-state index in [0.717, 1.165) is 13.0 Å². The molecule has 3 atom stereocenters. The largest absolute Gasteiger partial charge is 0.327 e. The summed E-state index contributed by atoms with van der Waals surface area (Å²) in [5.74, 6) is 0.626. The fraction of sp³-hybridized carbons (Fsp3) is 0.500. The maximum absolute atomic E-state index is 5.90. The minimum absolute atomic E-state index is 0.324. The summed E-state index contributed by atoms with van der Waals surface area (Å²) in [6.07, 6.45) is 1.12. The molecule has 0 saturated carbocycles. The summed E-state index contributed by atoms with van der Waals surface area (Å²) < 4.78 is 0. The Labute approximate surface area is 85.5 Å². The molecule has 0 bridgehead atoms. The monoisotopic (exact) mass is 190 g/mol. The Morgan fingerprint density at radius 2 is 2.00 bits per heavy atom. The second-order valence-corrected chi connectivity index (χ2v) is 4.27. The molecule has 1 fully saturated rings. The van der Waals surface area contributed by atoms with Crippen molar-refractivity contribution in [2.24, 2.45) is 11.7 Å². The number of piperidine rings is 1. The van der Waals surface area contributed by atoms with Crippen molar-refractivity contribution in [1.29, 1.82) is 0 Å². The summed E-state index contributed by atoms with van der Waals surface area (Å²) in [6, 6.07) is 11.4. The van der Waals surface area contributed by atoms with Crippen LogP contribution >= 0.6 is 0 Å². The summed E-state index contributed by atoms with van der Waals surface area (Å²) in [4.78, 5) is 0. The zero-order valence-electron chi connectivity index (χ0n) is 8.61. The van der Waals surface area contributed by atoms with E-state index in [0.29, 0.717) is 18.0 Å². The number of hydrogen-bond acceptors (Lipinski definition) is 2. The summed E-state index contributed by atoms with van der Waals surface area (Å²) in [7, 11) is 0. The molecule has 0 amide bonds. The molecule has 1 saturated heterocycles. The van der Waals surface area contributed by atoms with E-state index in [-0.39, 0.29) is 0 Å². The van der Waals surface area contributed by atoms with E-state index >= 15 is 0 Å². The minimum Gasteiger partial charge on any atom is -0.327 e. The average molecular weight is 190 g/mol. The molecule has 2 rings (SSSR count). The Morgan fingerprint density at radius 3 is 2.64 bits per heavy atom. The Balaban J connectivity index is 2.12. The fourth-order valence-corrected chi connectivity index (χ4v) is 2.28. The summed E-state index contributed by atoms with van der Waals surface area (Å²) in [5.41, 5.74) is 7.28. The van der Waals surface area contributed by atoms with Crippen molar-refractivity contribution in [2.75, 3.05) is 6.54 Å². The third-order valence-electron chi connectivity index (χ3n) is 3.00. The van der Waals surface area contributed by atoms with Gasteiger partial charge in [-0.15, -0.1) is 0 Å². The first-order valence-corrected chi connectivity index (χ1v) is 5.31. The molecule has 3 N–H and O–H groups in total. The molecule has 0 spiro atoms. The van der Waals surface area contributed by atoms with Gasteiger partial charge in [-0.1, -0.05) is 37.3 Å². The molecule has 1 aromatic rings. The number of nitrogens with two attached hydrogens (primary N) is 1. The van der Waals surface area contributed by atoms with Crippen LogP contribution in [0, 0.1) is 5.92 Å². The van der Waals surface area contributed by atoms with Crippen LogP contribution in [0.4, 0.5) is 0 Å². The summed E-state index contributed by atoms with van der Waals surface area (Å²) >= 11 is 0. The topological polar surface area (TPSA) is 38.0 Å². The highest BCUT2D eigenvalue weighted by molar-refractivity contribution is 5.20. The lowest BCUT2D eigenvalue weighted by Crippen LogP contribution is -2.45. The number of benzene rings is 1. The van der Waals surface area contributed by atoms with Gasteiger partial charge in [0.25, 0.3) is 0 Å². The van der Waals surface area contributed by atoms with E-state index in [9.17, 15) is 0 Å². The molecule has 2 heteroatoms. The molecule has 1 aliphatic heterocycles. The Hall–Kier alpha value is -0.860. The quantitative estimate of drug-likeness (QED) is 0.707. The van der Waals surface area contributed by atoms with E-state index < -0.39 is 0 Å². The normalized spacial score (nSPS) is 32.9. The summed E-state index contributed by atoms with van der Waals surface area (Å²) in [5, 5.41) is 3.51. The smallest absolute Gasteiger partial charge is 0.0347 e. The van der Waals surface area contributed by atoms with Gasteiger partial charge >= 0.3 is 0 Å². The van der Waals surface area contributed by atoms with E-state index in [4.69, 9.17) is 5.73 Å². The SMILES string of the molecule is CC1CC(N)CNC1c1ccccc1. The van der Waals surface area contributed by atoms with Crippen molar-refractivity contribution in [3.05, 3.63) is 35.9 Å². The molecule has 0 aliphatic carbocycles. The molecule has 76 valence electrons. The molecule has 1 aliphatic rings. The van der Waals surface area contributed by atoms with Crippen LogP contribution in [-0.4, -0.2) is 12.6 Å². The van der Waals surface area contributed by atoms with E-state index in [1.165, 1.54) is 5.56 Å². The first-order valence-electron chi connectivity index (χ1n) is 5.31. The molecule has 14 heavy (non-hydrogen) atoms. The van der Waals surface area contributed by atoms with Crippen molar-refractivity contribution in [2.45, 2.75) is 25.4 Å². The maximum Gasteiger partial charge on any atom is 0.0347 e. The molecule has 0 aromatic heterocycles. The molecule has 0 radical (unpaired) electrons. The third-order valence-corrected chi connectivity index (χ3v) is 3.00. The van der Waals surface area contributed by atoms with Gasteiger partial charge in [0.15, 0.2) is 0 Å². The molecular weight excluding hydrogens is 172 g/mol. The number of rotatable bonds is 1. The van der Waals surface area contributed by atoms with Crippen LogP contribution in [0.5, 0.6) is 0 Å². The molecule has 2 nitrogen and oxygen atoms in total. The van der Waals surface area contributed by atoms with Gasteiger partial charge in [0.05, 0.1) is 0 Å². The first-order chi connectivity index (χ1) is 6.77. The maximum atomic E-state index is 5.90. The molecular formula is C12H18N2. The number of nitrogens with one attached hydrogen (secondary N) is 1. The van der Waals surface area contributed by atoms with Crippen LogP contribution in [0.3, 0.4) is 0 Å². The Morgan fingerprint density at radius 1 is 1.29 bits per heavy atom. The standard InChI is InChI=1S/C12H18N2/c1-9-7-11(13)8-14-12(9)10-5-3-2-4-6-10/h2-6,9,11-12,14H,7-8,13H2,1H3. The fourth-order valence-electron chi connectivity index (χ4n) is 2.28. The minimum atomic E-state index is 0.324. The van der Waals surface area contributed by atoms with Crippen molar-refractivity contribution < 1.29 is 0 Å². The highest BCUT2D eigenvalue weighted by Crippen LogP contribution is 2.27. The Bertz CT molecular complexity index is 284. The van der Waals surface area contributed by atoms with Crippen molar-refractivity contribution in [3.63, 3.8) is 0 Å². The third kappa shape index (κ3) is 1.97. The highest BCUT2D eigenvalue weighted by atomic mass is 15.0. The van der Waals surface area contributed by atoms with Crippen LogP contribution in [-0.2, 0) is 0 Å². The van der Waals surface area contributed by atoms with Crippen LogP contribution in [0.25, 0.3) is 0 Å². The van der Waals surface area contributed by atoms with E-state index in [1.807, 2.05) is 0 Å². The van der Waals surface area contributed by atoms with Gasteiger partial charge in [0.2, 0.25) is 0 Å². The first kappa shape index (κ1) is 9.69. The van der Waals surface area contributed by atoms with Crippen LogP contribution < -0.4 is 11.1 Å². The zero-order chi connectivity index (χ0) is 9.97. The van der Waals surface area contributed by atoms with Crippen LogP contribution in [0.1, 0.15) is 24.9 Å². The van der Waals surface area contributed by atoms with Gasteiger partial charge < -0.3 is 11.1 Å². The predicted octanol–water partition coefficient (Wildman–Crippen LogP) is 1.68. The van der Waals surface area contributed by atoms with Crippen molar-refractivity contribution in [3.8, 4) is 0 Å². The van der Waals surface area contributed by atoms with Gasteiger partial charge in [-0.2, -0.15) is 0 Å². The highest BCUT2D eigenvalue weighted by Gasteiger charge is 2.25. The lowest BCUT2D eigenvalue weighted by molar-refractivity contribution is 0.278. The predicted molar refractivity (Wildman–Crippen MR) is 58.9 cm³/mol. The van der Waals surface area contributed by atoms with Crippen LogP contribution in [0.2, 0.25) is 0 Å². The van der Waals surface area contributed by atoms with Gasteiger partial charge in [0.1, 0.15) is 0 Å². The van der Waals surface area contributed by atoms with Crippen molar-refractivity contribution >= 4 is 0 Å². The molecule has 1 aromatic carbocycles. The van der Waals surface area contributed by atoms with Gasteiger partial charge in [-0.25, -0.2) is 0 Å². The van der Waals surface area contributed by atoms with Crippen LogP contribution in [0.15, 0.2) is 30.3 Å². The van der Waals surface area contributed by atoms with E-state index in [1.54, 1.807) is 0 Å². The zero-order valence-corrected chi connectivity index (χ0v) is 8.61. The van der Waals surface area contributed by atoms with Gasteiger partial charge in [0, 0.05) is 18.6 Å². The molecule has 3 unspecified atom stereocenters. The molecule has 1 heterocycles.